The average molecular weight is 281 g/mol. The molecule has 0 heterocycles. The number of halogens is 1. The van der Waals surface area contributed by atoms with Gasteiger partial charge in [-0.15, -0.1) is 0 Å². The molecule has 1 amide bonds. The van der Waals surface area contributed by atoms with Crippen molar-refractivity contribution in [3.05, 3.63) is 34.9 Å². The van der Waals surface area contributed by atoms with Crippen molar-refractivity contribution in [2.75, 3.05) is 0 Å². The number of carbonyl (C=O) groups excluding carboxylic acids is 1. The lowest BCUT2D eigenvalue weighted by atomic mass is 9.48. The highest BCUT2D eigenvalue weighted by molar-refractivity contribution is 6.33. The maximum absolute atomic E-state index is 12.3. The summed E-state index contributed by atoms with van der Waals surface area (Å²) >= 11 is 6.05. The van der Waals surface area contributed by atoms with Gasteiger partial charge in [-0.1, -0.05) is 51.4 Å². The number of rotatable bonds is 2. The summed E-state index contributed by atoms with van der Waals surface area (Å²) in [4.78, 5) is 12.3. The van der Waals surface area contributed by atoms with Crippen LogP contribution in [0, 0.1) is 10.8 Å². The molecule has 0 aromatic heterocycles. The quantitative estimate of drug-likeness (QED) is 0.875. The van der Waals surface area contributed by atoms with Crippen LogP contribution in [0.15, 0.2) is 24.3 Å². The van der Waals surface area contributed by atoms with Gasteiger partial charge in [0.2, 0.25) is 0 Å². The Labute approximate surface area is 119 Å². The molecule has 1 aliphatic carbocycles. The van der Waals surface area contributed by atoms with Crippen molar-refractivity contribution in [3.63, 3.8) is 0 Å². The van der Waals surface area contributed by atoms with E-state index >= 15 is 0 Å². The molecular formula is C15H21ClN2O. The van der Waals surface area contributed by atoms with Crippen LogP contribution in [0.5, 0.6) is 0 Å². The highest BCUT2D eigenvalue weighted by atomic mass is 35.5. The van der Waals surface area contributed by atoms with Crippen molar-refractivity contribution in [1.82, 2.24) is 5.32 Å². The van der Waals surface area contributed by atoms with E-state index in [4.69, 9.17) is 17.3 Å². The summed E-state index contributed by atoms with van der Waals surface area (Å²) in [5.74, 6) is -0.136. The van der Waals surface area contributed by atoms with Crippen molar-refractivity contribution < 1.29 is 4.79 Å². The molecule has 19 heavy (non-hydrogen) atoms. The van der Waals surface area contributed by atoms with E-state index in [-0.39, 0.29) is 28.8 Å². The summed E-state index contributed by atoms with van der Waals surface area (Å²) in [5.41, 5.74) is 6.48. The van der Waals surface area contributed by atoms with Crippen molar-refractivity contribution in [1.29, 1.82) is 0 Å². The van der Waals surface area contributed by atoms with Gasteiger partial charge in [-0.05, 0) is 12.1 Å². The predicted molar refractivity (Wildman–Crippen MR) is 78.2 cm³/mol. The van der Waals surface area contributed by atoms with Gasteiger partial charge in [0.1, 0.15) is 0 Å². The first-order valence-corrected chi connectivity index (χ1v) is 6.88. The van der Waals surface area contributed by atoms with Crippen LogP contribution >= 0.6 is 11.6 Å². The Hall–Kier alpha value is -1.06. The summed E-state index contributed by atoms with van der Waals surface area (Å²) in [6.07, 6.45) is 0. The summed E-state index contributed by atoms with van der Waals surface area (Å²) in [6.45, 7) is 8.34. The fourth-order valence-electron chi connectivity index (χ4n) is 3.41. The number of hydrogen-bond acceptors (Lipinski definition) is 2. The third-order valence-electron chi connectivity index (χ3n) is 4.49. The molecule has 1 aliphatic rings. The molecule has 1 aromatic rings. The molecule has 3 nitrogen and oxygen atoms in total. The molecule has 0 bridgehead atoms. The molecule has 1 saturated carbocycles. The van der Waals surface area contributed by atoms with Crippen molar-refractivity contribution in [2.45, 2.75) is 39.8 Å². The average Bonchev–Trinajstić information content (AvgIpc) is 2.34. The van der Waals surface area contributed by atoms with Crippen LogP contribution in [0.1, 0.15) is 38.1 Å². The Kier molecular flexibility index (Phi) is 3.40. The fourth-order valence-corrected chi connectivity index (χ4v) is 3.63. The van der Waals surface area contributed by atoms with Crippen LogP contribution in [0.3, 0.4) is 0 Å². The zero-order valence-electron chi connectivity index (χ0n) is 11.8. The lowest BCUT2D eigenvalue weighted by Gasteiger charge is -2.62. The molecule has 1 fully saturated rings. The molecule has 0 unspecified atom stereocenters. The van der Waals surface area contributed by atoms with Gasteiger partial charge in [0.25, 0.3) is 5.91 Å². The number of amides is 1. The summed E-state index contributed by atoms with van der Waals surface area (Å²) in [6, 6.07) is 7.18. The molecule has 0 atom stereocenters. The minimum absolute atomic E-state index is 0.0405. The topological polar surface area (TPSA) is 55.1 Å². The van der Waals surface area contributed by atoms with Crippen LogP contribution in [-0.2, 0) is 0 Å². The Morgan fingerprint density at radius 2 is 1.74 bits per heavy atom. The molecule has 0 aliphatic heterocycles. The van der Waals surface area contributed by atoms with Crippen LogP contribution in [0.2, 0.25) is 5.02 Å². The number of hydrogen-bond donors (Lipinski definition) is 2. The van der Waals surface area contributed by atoms with E-state index in [9.17, 15) is 4.79 Å². The maximum atomic E-state index is 12.3. The molecule has 0 saturated heterocycles. The van der Waals surface area contributed by atoms with Gasteiger partial charge < -0.3 is 11.1 Å². The largest absolute Gasteiger partial charge is 0.348 e. The molecule has 1 aromatic carbocycles. The van der Waals surface area contributed by atoms with Gasteiger partial charge in [-0.3, -0.25) is 4.79 Å². The molecule has 0 spiro atoms. The van der Waals surface area contributed by atoms with Crippen LogP contribution in [0.4, 0.5) is 0 Å². The Morgan fingerprint density at radius 3 is 2.26 bits per heavy atom. The third kappa shape index (κ3) is 2.15. The molecular weight excluding hydrogens is 260 g/mol. The smallest absolute Gasteiger partial charge is 0.253 e. The first-order chi connectivity index (χ1) is 8.69. The van der Waals surface area contributed by atoms with Gasteiger partial charge in [0, 0.05) is 22.9 Å². The SMILES string of the molecule is CC1(C)C(N)C(C)(C)C1NC(=O)c1ccccc1Cl. The zero-order chi connectivity index (χ0) is 14.4. The molecule has 0 radical (unpaired) electrons. The fraction of sp³-hybridized carbons (Fsp3) is 0.533. The Balaban J connectivity index is 2.19. The maximum Gasteiger partial charge on any atom is 0.253 e. The van der Waals surface area contributed by atoms with Crippen LogP contribution in [0.25, 0.3) is 0 Å². The second kappa shape index (κ2) is 4.50. The van der Waals surface area contributed by atoms with Crippen molar-refractivity contribution in [3.8, 4) is 0 Å². The number of carbonyl (C=O) groups is 1. The minimum atomic E-state index is -0.136. The van der Waals surface area contributed by atoms with Crippen molar-refractivity contribution >= 4 is 17.5 Å². The highest BCUT2D eigenvalue weighted by Crippen LogP contribution is 2.52. The monoisotopic (exact) mass is 280 g/mol. The molecule has 104 valence electrons. The van der Waals surface area contributed by atoms with Crippen molar-refractivity contribution in [2.24, 2.45) is 16.6 Å². The lowest BCUT2D eigenvalue weighted by Crippen LogP contribution is -2.76. The van der Waals surface area contributed by atoms with Gasteiger partial charge in [0.15, 0.2) is 0 Å². The first-order valence-electron chi connectivity index (χ1n) is 6.50. The number of nitrogens with one attached hydrogen (secondary N) is 1. The standard InChI is InChI=1S/C15H21ClN2O/c1-14(2)12(17)15(3,4)13(14)18-11(19)9-7-5-6-8-10(9)16/h5-8,12-13H,17H2,1-4H3,(H,18,19). The molecule has 4 heteroatoms. The van der Waals surface area contributed by atoms with E-state index in [1.165, 1.54) is 0 Å². The van der Waals surface area contributed by atoms with E-state index in [2.05, 4.69) is 33.0 Å². The van der Waals surface area contributed by atoms with Crippen LogP contribution in [-0.4, -0.2) is 18.0 Å². The molecule has 3 N–H and O–H groups in total. The van der Waals surface area contributed by atoms with Crippen LogP contribution < -0.4 is 11.1 Å². The van der Waals surface area contributed by atoms with Gasteiger partial charge in [-0.2, -0.15) is 0 Å². The Bertz CT molecular complexity index is 495. The van der Waals surface area contributed by atoms with Gasteiger partial charge in [-0.25, -0.2) is 0 Å². The second-order valence-corrected chi connectivity index (χ2v) is 6.91. The van der Waals surface area contributed by atoms with Gasteiger partial charge in [0.05, 0.1) is 10.6 Å². The zero-order valence-corrected chi connectivity index (χ0v) is 12.6. The lowest BCUT2D eigenvalue weighted by molar-refractivity contribution is -0.0663. The van der Waals surface area contributed by atoms with E-state index in [0.717, 1.165) is 0 Å². The third-order valence-corrected chi connectivity index (χ3v) is 4.81. The summed E-state index contributed by atoms with van der Waals surface area (Å²) < 4.78 is 0. The number of nitrogens with two attached hydrogens (primary N) is 1. The van der Waals surface area contributed by atoms with E-state index < -0.39 is 0 Å². The highest BCUT2D eigenvalue weighted by Gasteiger charge is 2.60. The normalized spacial score (nSPS) is 27.5. The Morgan fingerprint density at radius 1 is 1.21 bits per heavy atom. The van der Waals surface area contributed by atoms with Gasteiger partial charge >= 0.3 is 0 Å². The van der Waals surface area contributed by atoms with E-state index in [1.54, 1.807) is 12.1 Å². The first kappa shape index (κ1) is 14.4. The predicted octanol–water partition coefficient (Wildman–Crippen LogP) is 2.83. The summed E-state index contributed by atoms with van der Waals surface area (Å²) in [7, 11) is 0. The minimum Gasteiger partial charge on any atom is -0.348 e. The van der Waals surface area contributed by atoms with E-state index in [1.807, 2.05) is 12.1 Å². The molecule has 2 rings (SSSR count). The second-order valence-electron chi connectivity index (χ2n) is 6.51. The van der Waals surface area contributed by atoms with E-state index in [0.29, 0.717) is 10.6 Å². The summed E-state index contributed by atoms with van der Waals surface area (Å²) in [5, 5.41) is 3.55. The number of benzene rings is 1.